The van der Waals surface area contributed by atoms with Gasteiger partial charge in [0.2, 0.25) is 0 Å². The van der Waals surface area contributed by atoms with Crippen LogP contribution in [0.25, 0.3) is 0 Å². The zero-order valence-electron chi connectivity index (χ0n) is 16.3. The Morgan fingerprint density at radius 3 is 2.43 bits per heavy atom. The summed E-state index contributed by atoms with van der Waals surface area (Å²) in [5, 5.41) is 2.84. The van der Waals surface area contributed by atoms with Crippen LogP contribution in [0.1, 0.15) is 15.9 Å². The Kier molecular flexibility index (Phi) is 7.12. The minimum Gasteiger partial charge on any atom is -0.495 e. The molecule has 0 saturated carbocycles. The number of hydrogen-bond donors (Lipinski definition) is 2. The molecule has 0 bridgehead atoms. The van der Waals surface area contributed by atoms with Gasteiger partial charge in [0.05, 0.1) is 18.4 Å². The molecular formula is C22H21BrN2O4S. The largest absolute Gasteiger partial charge is 0.495 e. The van der Waals surface area contributed by atoms with E-state index in [-0.39, 0.29) is 27.8 Å². The number of rotatable bonds is 8. The highest BCUT2D eigenvalue weighted by Crippen LogP contribution is 2.29. The van der Waals surface area contributed by atoms with Gasteiger partial charge in [-0.1, -0.05) is 58.4 Å². The zero-order valence-corrected chi connectivity index (χ0v) is 18.7. The Bertz CT molecular complexity index is 1130. The van der Waals surface area contributed by atoms with Gasteiger partial charge in [0.15, 0.2) is 0 Å². The SMILES string of the molecule is COc1ccc(Br)cc1S(=O)(=O)Nc1ccccc1C(=O)NCCc1ccccc1. The minimum atomic E-state index is -3.98. The van der Waals surface area contributed by atoms with Gasteiger partial charge in [0.25, 0.3) is 15.9 Å². The lowest BCUT2D eigenvalue weighted by atomic mass is 10.1. The van der Waals surface area contributed by atoms with E-state index in [2.05, 4.69) is 26.0 Å². The number of halogens is 1. The van der Waals surface area contributed by atoms with Gasteiger partial charge >= 0.3 is 0 Å². The predicted molar refractivity (Wildman–Crippen MR) is 120 cm³/mol. The first-order valence-corrected chi connectivity index (χ1v) is 11.5. The van der Waals surface area contributed by atoms with Crippen LogP contribution < -0.4 is 14.8 Å². The normalized spacial score (nSPS) is 11.0. The van der Waals surface area contributed by atoms with Crippen molar-refractivity contribution in [3.05, 3.63) is 88.4 Å². The van der Waals surface area contributed by atoms with Crippen LogP contribution in [0.4, 0.5) is 5.69 Å². The lowest BCUT2D eigenvalue weighted by Crippen LogP contribution is -2.27. The maximum atomic E-state index is 13.0. The third-order valence-corrected chi connectivity index (χ3v) is 6.25. The second kappa shape index (κ2) is 9.77. The Morgan fingerprint density at radius 2 is 1.70 bits per heavy atom. The van der Waals surface area contributed by atoms with Gasteiger partial charge in [0.1, 0.15) is 10.6 Å². The lowest BCUT2D eigenvalue weighted by Gasteiger charge is -2.15. The van der Waals surface area contributed by atoms with E-state index < -0.39 is 10.0 Å². The van der Waals surface area contributed by atoms with E-state index in [1.54, 1.807) is 36.4 Å². The van der Waals surface area contributed by atoms with Crippen LogP contribution in [-0.2, 0) is 16.4 Å². The van der Waals surface area contributed by atoms with Crippen LogP contribution in [0, 0.1) is 0 Å². The fourth-order valence-corrected chi connectivity index (χ4v) is 4.68. The molecule has 2 N–H and O–H groups in total. The number of benzene rings is 3. The molecule has 0 heterocycles. The van der Waals surface area contributed by atoms with Crippen LogP contribution in [0.5, 0.6) is 5.75 Å². The summed E-state index contributed by atoms with van der Waals surface area (Å²) < 4.78 is 34.2. The quantitative estimate of drug-likeness (QED) is 0.496. The van der Waals surface area contributed by atoms with Crippen molar-refractivity contribution < 1.29 is 17.9 Å². The second-order valence-electron chi connectivity index (χ2n) is 6.44. The topological polar surface area (TPSA) is 84.5 Å². The number of hydrogen-bond acceptors (Lipinski definition) is 4. The van der Waals surface area contributed by atoms with Crippen LogP contribution >= 0.6 is 15.9 Å². The van der Waals surface area contributed by atoms with Crippen LogP contribution in [0.2, 0.25) is 0 Å². The highest BCUT2D eigenvalue weighted by atomic mass is 79.9. The summed E-state index contributed by atoms with van der Waals surface area (Å²) in [6, 6.07) is 21.0. The number of anilines is 1. The summed E-state index contributed by atoms with van der Waals surface area (Å²) in [6.07, 6.45) is 0.676. The molecule has 30 heavy (non-hydrogen) atoms. The van der Waals surface area contributed by atoms with Crippen molar-refractivity contribution in [2.75, 3.05) is 18.4 Å². The maximum absolute atomic E-state index is 13.0. The number of ether oxygens (including phenoxy) is 1. The number of methoxy groups -OCH3 is 1. The smallest absolute Gasteiger partial charge is 0.265 e. The summed E-state index contributed by atoms with van der Waals surface area (Å²) in [5.74, 6) is -0.152. The predicted octanol–water partition coefficient (Wildman–Crippen LogP) is 4.23. The summed E-state index contributed by atoms with van der Waals surface area (Å²) in [5.41, 5.74) is 1.54. The number of carbonyl (C=O) groups excluding carboxylic acids is 1. The van der Waals surface area contributed by atoms with Crippen molar-refractivity contribution in [3.63, 3.8) is 0 Å². The zero-order chi connectivity index (χ0) is 21.6. The molecular weight excluding hydrogens is 468 g/mol. The Hall–Kier alpha value is -2.84. The molecule has 0 fully saturated rings. The van der Waals surface area contributed by atoms with Gasteiger partial charge in [-0.25, -0.2) is 8.42 Å². The molecule has 0 atom stereocenters. The van der Waals surface area contributed by atoms with Crippen molar-refractivity contribution in [1.29, 1.82) is 0 Å². The summed E-state index contributed by atoms with van der Waals surface area (Å²) in [6.45, 7) is 0.434. The first-order valence-electron chi connectivity index (χ1n) is 9.18. The molecule has 0 aliphatic carbocycles. The van der Waals surface area contributed by atoms with Crippen molar-refractivity contribution in [3.8, 4) is 5.75 Å². The average Bonchev–Trinajstić information content (AvgIpc) is 2.74. The molecule has 1 amide bonds. The van der Waals surface area contributed by atoms with Crippen molar-refractivity contribution in [2.24, 2.45) is 0 Å². The number of carbonyl (C=O) groups is 1. The molecule has 0 unspecified atom stereocenters. The molecule has 0 saturated heterocycles. The van der Waals surface area contributed by atoms with E-state index in [1.807, 2.05) is 30.3 Å². The fourth-order valence-electron chi connectivity index (χ4n) is 2.89. The Labute approximate surface area is 184 Å². The van der Waals surface area contributed by atoms with E-state index >= 15 is 0 Å². The Morgan fingerprint density at radius 1 is 1.00 bits per heavy atom. The van der Waals surface area contributed by atoms with Gasteiger partial charge in [-0.15, -0.1) is 0 Å². The Balaban J connectivity index is 1.78. The van der Waals surface area contributed by atoms with Crippen LogP contribution in [0.3, 0.4) is 0 Å². The van der Waals surface area contributed by atoms with E-state index in [0.29, 0.717) is 17.4 Å². The lowest BCUT2D eigenvalue weighted by molar-refractivity contribution is 0.0955. The third-order valence-electron chi connectivity index (χ3n) is 4.37. The first-order chi connectivity index (χ1) is 14.4. The summed E-state index contributed by atoms with van der Waals surface area (Å²) in [7, 11) is -2.58. The minimum absolute atomic E-state index is 0.0290. The highest BCUT2D eigenvalue weighted by molar-refractivity contribution is 9.10. The molecule has 156 valence electrons. The van der Waals surface area contributed by atoms with Gasteiger partial charge in [0, 0.05) is 11.0 Å². The maximum Gasteiger partial charge on any atom is 0.265 e. The fraction of sp³-hybridized carbons (Fsp3) is 0.136. The molecule has 6 nitrogen and oxygen atoms in total. The van der Waals surface area contributed by atoms with Crippen LogP contribution in [0.15, 0.2) is 82.2 Å². The second-order valence-corrected chi connectivity index (χ2v) is 9.00. The molecule has 3 aromatic carbocycles. The van der Waals surface area contributed by atoms with Crippen molar-refractivity contribution in [1.82, 2.24) is 5.32 Å². The van der Waals surface area contributed by atoms with E-state index in [0.717, 1.165) is 5.56 Å². The molecule has 3 aromatic rings. The molecule has 0 spiro atoms. The number of amides is 1. The van der Waals surface area contributed by atoms with E-state index in [9.17, 15) is 13.2 Å². The third kappa shape index (κ3) is 5.40. The van der Waals surface area contributed by atoms with E-state index in [1.165, 1.54) is 13.2 Å². The standard InChI is InChI=1S/C22H21BrN2O4S/c1-29-20-12-11-17(23)15-21(20)30(27,28)25-19-10-6-5-9-18(19)22(26)24-14-13-16-7-3-2-4-8-16/h2-12,15,25H,13-14H2,1H3,(H,24,26). The first kappa shape index (κ1) is 21.9. The number of nitrogens with one attached hydrogen (secondary N) is 2. The van der Waals surface area contributed by atoms with Crippen molar-refractivity contribution in [2.45, 2.75) is 11.3 Å². The van der Waals surface area contributed by atoms with Gasteiger partial charge < -0.3 is 10.1 Å². The highest BCUT2D eigenvalue weighted by Gasteiger charge is 2.22. The van der Waals surface area contributed by atoms with E-state index in [4.69, 9.17) is 4.74 Å². The molecule has 3 rings (SSSR count). The average molecular weight is 489 g/mol. The number of para-hydroxylation sites is 1. The van der Waals surface area contributed by atoms with Gasteiger partial charge in [-0.2, -0.15) is 0 Å². The summed E-state index contributed by atoms with van der Waals surface area (Å²) >= 11 is 3.28. The molecule has 8 heteroatoms. The van der Waals surface area contributed by atoms with Crippen molar-refractivity contribution >= 4 is 37.5 Å². The summed E-state index contributed by atoms with van der Waals surface area (Å²) in [4.78, 5) is 12.6. The van der Waals surface area contributed by atoms with Gasteiger partial charge in [-0.3, -0.25) is 9.52 Å². The van der Waals surface area contributed by atoms with Gasteiger partial charge in [-0.05, 0) is 42.3 Å². The monoisotopic (exact) mass is 488 g/mol. The number of sulfonamides is 1. The molecule has 0 radical (unpaired) electrons. The molecule has 0 aliphatic rings. The molecule has 0 aliphatic heterocycles. The molecule has 0 aromatic heterocycles. The van der Waals surface area contributed by atoms with Crippen LogP contribution in [-0.4, -0.2) is 28.0 Å².